The molecule has 1 aliphatic carbocycles. The Kier molecular flexibility index (Phi) is 4.62. The summed E-state index contributed by atoms with van der Waals surface area (Å²) >= 11 is 1.63. The molecule has 0 atom stereocenters. The molecule has 1 N–H and O–H groups in total. The standard InChI is InChI=1S/C21H23NO2S/c1-14-19(21(23)22-13-15-8-4-2-5-9-15)20-18(25-14)12-17(24-20)16-10-6-3-7-11-16/h3,6-7,10-12,15H,2,4-5,8-9,13H2,1H3,(H,22,23). The van der Waals surface area contributed by atoms with Crippen molar-refractivity contribution < 1.29 is 9.21 Å². The van der Waals surface area contributed by atoms with Gasteiger partial charge in [-0.2, -0.15) is 0 Å². The van der Waals surface area contributed by atoms with Crippen LogP contribution in [0.2, 0.25) is 0 Å². The van der Waals surface area contributed by atoms with Crippen molar-refractivity contribution in [1.82, 2.24) is 5.32 Å². The van der Waals surface area contributed by atoms with Gasteiger partial charge in [-0.25, -0.2) is 0 Å². The Morgan fingerprint density at radius 1 is 1.20 bits per heavy atom. The molecule has 1 fully saturated rings. The van der Waals surface area contributed by atoms with Crippen LogP contribution in [0.25, 0.3) is 21.6 Å². The van der Waals surface area contributed by atoms with Gasteiger partial charge >= 0.3 is 0 Å². The van der Waals surface area contributed by atoms with Gasteiger partial charge < -0.3 is 9.73 Å². The summed E-state index contributed by atoms with van der Waals surface area (Å²) in [5, 5.41) is 3.14. The number of furan rings is 1. The maximum absolute atomic E-state index is 12.8. The SMILES string of the molecule is Cc1sc2cc(-c3ccccc3)oc2c1C(=O)NCC1CCCCC1. The van der Waals surface area contributed by atoms with Gasteiger partial charge in [0.1, 0.15) is 5.76 Å². The van der Waals surface area contributed by atoms with Gasteiger partial charge in [0.25, 0.3) is 5.91 Å². The summed E-state index contributed by atoms with van der Waals surface area (Å²) in [6, 6.07) is 12.1. The molecule has 0 radical (unpaired) electrons. The molecule has 0 unspecified atom stereocenters. The van der Waals surface area contributed by atoms with Crippen LogP contribution in [-0.4, -0.2) is 12.5 Å². The average Bonchev–Trinajstić information content (AvgIpc) is 3.18. The third-order valence-corrected chi connectivity index (χ3v) is 6.14. The Labute approximate surface area is 152 Å². The average molecular weight is 353 g/mol. The summed E-state index contributed by atoms with van der Waals surface area (Å²) in [6.45, 7) is 2.78. The zero-order valence-corrected chi connectivity index (χ0v) is 15.3. The third kappa shape index (κ3) is 3.36. The number of carbonyl (C=O) groups excluding carboxylic acids is 1. The highest BCUT2D eigenvalue weighted by atomic mass is 32.1. The van der Waals surface area contributed by atoms with Gasteiger partial charge in [-0.3, -0.25) is 4.79 Å². The maximum Gasteiger partial charge on any atom is 0.256 e. The van der Waals surface area contributed by atoms with E-state index in [1.54, 1.807) is 11.3 Å². The maximum atomic E-state index is 12.8. The van der Waals surface area contributed by atoms with Crippen LogP contribution in [-0.2, 0) is 0 Å². The number of thiophene rings is 1. The van der Waals surface area contributed by atoms with Crippen molar-refractivity contribution in [3.63, 3.8) is 0 Å². The smallest absolute Gasteiger partial charge is 0.256 e. The normalized spacial score (nSPS) is 15.6. The topological polar surface area (TPSA) is 42.2 Å². The molecule has 0 bridgehead atoms. The van der Waals surface area contributed by atoms with Gasteiger partial charge in [0.15, 0.2) is 5.58 Å². The van der Waals surface area contributed by atoms with E-state index >= 15 is 0 Å². The van der Waals surface area contributed by atoms with Gasteiger partial charge in [-0.05, 0) is 25.7 Å². The first-order valence-corrected chi connectivity index (χ1v) is 9.90. The number of carbonyl (C=O) groups is 1. The van der Waals surface area contributed by atoms with E-state index in [1.165, 1.54) is 32.1 Å². The summed E-state index contributed by atoms with van der Waals surface area (Å²) in [7, 11) is 0. The predicted octanol–water partition coefficient (Wildman–Crippen LogP) is 5.78. The number of hydrogen-bond donors (Lipinski definition) is 1. The van der Waals surface area contributed by atoms with Gasteiger partial charge in [-0.1, -0.05) is 49.6 Å². The lowest BCUT2D eigenvalue weighted by Gasteiger charge is -2.21. The molecule has 25 heavy (non-hydrogen) atoms. The molecule has 0 spiro atoms. The van der Waals surface area contributed by atoms with Crippen LogP contribution in [0.15, 0.2) is 40.8 Å². The van der Waals surface area contributed by atoms with Crippen LogP contribution < -0.4 is 5.32 Å². The van der Waals surface area contributed by atoms with E-state index in [2.05, 4.69) is 5.32 Å². The molecule has 130 valence electrons. The highest BCUT2D eigenvalue weighted by Crippen LogP contribution is 2.37. The van der Waals surface area contributed by atoms with E-state index in [1.807, 2.05) is 43.3 Å². The molecular formula is C21H23NO2S. The molecular weight excluding hydrogens is 330 g/mol. The van der Waals surface area contributed by atoms with Crippen molar-refractivity contribution in [2.45, 2.75) is 39.0 Å². The van der Waals surface area contributed by atoms with Gasteiger partial charge in [0, 0.05) is 23.1 Å². The van der Waals surface area contributed by atoms with Crippen LogP contribution >= 0.6 is 11.3 Å². The Hall–Kier alpha value is -2.07. The van der Waals surface area contributed by atoms with Gasteiger partial charge in [-0.15, -0.1) is 11.3 Å². The quantitative estimate of drug-likeness (QED) is 0.646. The van der Waals surface area contributed by atoms with Crippen molar-refractivity contribution in [3.05, 3.63) is 46.8 Å². The zero-order chi connectivity index (χ0) is 17.2. The molecule has 2 aromatic heterocycles. The van der Waals surface area contributed by atoms with Crippen molar-refractivity contribution in [1.29, 1.82) is 0 Å². The Balaban J connectivity index is 1.56. The summed E-state index contributed by atoms with van der Waals surface area (Å²) < 4.78 is 7.11. The number of hydrogen-bond acceptors (Lipinski definition) is 3. The molecule has 1 amide bonds. The van der Waals surface area contributed by atoms with Crippen molar-refractivity contribution in [3.8, 4) is 11.3 Å². The molecule has 3 nitrogen and oxygen atoms in total. The molecule has 2 heterocycles. The van der Waals surface area contributed by atoms with Gasteiger partial charge in [0.05, 0.1) is 10.3 Å². The molecule has 1 aromatic carbocycles. The first-order valence-electron chi connectivity index (χ1n) is 9.09. The van der Waals surface area contributed by atoms with Crippen LogP contribution in [0.5, 0.6) is 0 Å². The molecule has 4 heteroatoms. The Bertz CT molecular complexity index is 872. The van der Waals surface area contributed by atoms with Crippen molar-refractivity contribution in [2.75, 3.05) is 6.54 Å². The van der Waals surface area contributed by atoms with Crippen molar-refractivity contribution in [2.24, 2.45) is 5.92 Å². The molecule has 3 aromatic rings. The van der Waals surface area contributed by atoms with E-state index < -0.39 is 0 Å². The second-order valence-electron chi connectivity index (χ2n) is 6.92. The number of benzene rings is 1. The number of nitrogens with one attached hydrogen (secondary N) is 1. The first-order chi connectivity index (χ1) is 12.2. The third-order valence-electron chi connectivity index (χ3n) is 5.10. The fourth-order valence-corrected chi connectivity index (χ4v) is 4.74. The summed E-state index contributed by atoms with van der Waals surface area (Å²) in [5.41, 5.74) is 2.47. The van der Waals surface area contributed by atoms with Gasteiger partial charge in [0.2, 0.25) is 0 Å². The van der Waals surface area contributed by atoms with E-state index in [0.29, 0.717) is 11.5 Å². The van der Waals surface area contributed by atoms with Crippen molar-refractivity contribution >= 4 is 27.5 Å². The summed E-state index contributed by atoms with van der Waals surface area (Å²) in [5.74, 6) is 1.45. The second-order valence-corrected chi connectivity index (χ2v) is 8.17. The fraction of sp³-hybridized carbons (Fsp3) is 0.381. The highest BCUT2D eigenvalue weighted by molar-refractivity contribution is 7.19. The minimum absolute atomic E-state index is 0.00304. The minimum atomic E-state index is 0.00304. The number of amides is 1. The zero-order valence-electron chi connectivity index (χ0n) is 14.5. The lowest BCUT2D eigenvalue weighted by Crippen LogP contribution is -2.30. The lowest BCUT2D eigenvalue weighted by atomic mass is 9.89. The Morgan fingerprint density at radius 3 is 2.72 bits per heavy atom. The molecule has 1 saturated carbocycles. The van der Waals surface area contributed by atoms with Crippen LogP contribution in [0.4, 0.5) is 0 Å². The van der Waals surface area contributed by atoms with E-state index in [0.717, 1.165) is 33.0 Å². The predicted molar refractivity (Wildman–Crippen MR) is 103 cm³/mol. The molecule has 4 rings (SSSR count). The largest absolute Gasteiger partial charge is 0.454 e. The number of rotatable bonds is 4. The lowest BCUT2D eigenvalue weighted by molar-refractivity contribution is 0.0944. The van der Waals surface area contributed by atoms with Crippen LogP contribution in [0, 0.1) is 12.8 Å². The second kappa shape index (κ2) is 7.04. The Morgan fingerprint density at radius 2 is 1.96 bits per heavy atom. The van der Waals surface area contributed by atoms with Crippen LogP contribution in [0.3, 0.4) is 0 Å². The first kappa shape index (κ1) is 16.4. The van der Waals surface area contributed by atoms with E-state index in [-0.39, 0.29) is 5.91 Å². The molecule has 0 aliphatic heterocycles. The minimum Gasteiger partial charge on any atom is -0.454 e. The summed E-state index contributed by atoms with van der Waals surface area (Å²) in [4.78, 5) is 13.8. The number of aryl methyl sites for hydroxylation is 1. The van der Waals surface area contributed by atoms with Crippen LogP contribution in [0.1, 0.15) is 47.3 Å². The monoisotopic (exact) mass is 353 g/mol. The molecule has 0 saturated heterocycles. The highest BCUT2D eigenvalue weighted by Gasteiger charge is 2.22. The molecule has 1 aliphatic rings. The summed E-state index contributed by atoms with van der Waals surface area (Å²) in [6.07, 6.45) is 6.39. The number of fused-ring (bicyclic) bond motifs is 1. The van der Waals surface area contributed by atoms with E-state index in [4.69, 9.17) is 4.42 Å². The fourth-order valence-electron chi connectivity index (χ4n) is 3.72. The van der Waals surface area contributed by atoms with E-state index in [9.17, 15) is 4.79 Å².